The smallest absolute Gasteiger partial charge is 0.334 e. The molecule has 2 aliphatic rings. The van der Waals surface area contributed by atoms with Crippen LogP contribution < -0.4 is 5.32 Å². The molecule has 2 aromatic rings. The third-order valence-corrected chi connectivity index (χ3v) is 7.15. The quantitative estimate of drug-likeness (QED) is 0.344. The van der Waals surface area contributed by atoms with Crippen LogP contribution in [0.25, 0.3) is 0 Å². The Kier molecular flexibility index (Phi) is 10.1. The summed E-state index contributed by atoms with van der Waals surface area (Å²) in [7, 11) is 0. The number of ether oxygens (including phenoxy) is 1. The molecule has 40 heavy (non-hydrogen) atoms. The highest BCUT2D eigenvalue weighted by Crippen LogP contribution is 2.28. The maximum atomic E-state index is 14.0. The van der Waals surface area contributed by atoms with Crippen LogP contribution in [0.1, 0.15) is 37.3 Å². The number of terminal acetylenes is 1. The molecule has 10 heteroatoms. The van der Waals surface area contributed by atoms with Crippen molar-refractivity contribution in [3.63, 3.8) is 0 Å². The van der Waals surface area contributed by atoms with Gasteiger partial charge in [0, 0.05) is 18.7 Å². The van der Waals surface area contributed by atoms with Crippen LogP contribution in [0, 0.1) is 18.2 Å². The molecule has 0 aliphatic carbocycles. The first-order valence-corrected chi connectivity index (χ1v) is 13.6. The van der Waals surface area contributed by atoms with E-state index in [1.165, 1.54) is 11.1 Å². The average Bonchev–Trinajstić information content (AvgIpc) is 2.95. The van der Waals surface area contributed by atoms with Crippen molar-refractivity contribution in [2.75, 3.05) is 32.8 Å². The number of hydrogen-bond donors (Lipinski definition) is 1. The molecule has 0 saturated carbocycles. The second-order valence-electron chi connectivity index (χ2n) is 9.88. The number of fused-ring (bicyclic) bond motifs is 1. The van der Waals surface area contributed by atoms with E-state index < -0.39 is 18.2 Å². The predicted octanol–water partition coefficient (Wildman–Crippen LogP) is 2.97. The maximum Gasteiger partial charge on any atom is 0.334 e. The molecule has 0 unspecified atom stereocenters. The van der Waals surface area contributed by atoms with Gasteiger partial charge < -0.3 is 19.9 Å². The van der Waals surface area contributed by atoms with Crippen molar-refractivity contribution in [1.82, 2.24) is 25.1 Å². The van der Waals surface area contributed by atoms with Crippen LogP contribution in [0.3, 0.4) is 0 Å². The molecule has 2 heterocycles. The molecule has 0 radical (unpaired) electrons. The lowest BCUT2D eigenvalue weighted by Gasteiger charge is -2.55. The molecule has 0 spiro atoms. The number of nitrogens with zero attached hydrogens (tertiary/aromatic N) is 4. The Bertz CT molecular complexity index is 1220. The fourth-order valence-electron chi connectivity index (χ4n) is 5.14. The summed E-state index contributed by atoms with van der Waals surface area (Å²) in [5, 5.41) is 5.99. The highest BCUT2D eigenvalue weighted by atomic mass is 19.1. The summed E-state index contributed by atoms with van der Waals surface area (Å²) in [5.74, 6) is 1.78. The number of piperazine rings is 1. The number of halogens is 1. The lowest BCUT2D eigenvalue weighted by atomic mass is 10.0. The Morgan fingerprint density at radius 1 is 1.15 bits per heavy atom. The van der Waals surface area contributed by atoms with Gasteiger partial charge in [-0.1, -0.05) is 74.2 Å². The largest absolute Gasteiger partial charge is 0.375 e. The molecule has 0 bridgehead atoms. The molecule has 2 fully saturated rings. The van der Waals surface area contributed by atoms with Crippen LogP contribution in [0.15, 0.2) is 54.6 Å². The lowest BCUT2D eigenvalue weighted by Crippen LogP contribution is -2.76. The summed E-state index contributed by atoms with van der Waals surface area (Å²) in [6.45, 7) is 2.89. The summed E-state index contributed by atoms with van der Waals surface area (Å²) < 4.78 is 19.7. The first-order valence-electron chi connectivity index (χ1n) is 13.6. The molecule has 0 aromatic heterocycles. The second-order valence-corrected chi connectivity index (χ2v) is 9.88. The third kappa shape index (κ3) is 6.79. The van der Waals surface area contributed by atoms with Crippen molar-refractivity contribution in [3.05, 3.63) is 71.5 Å². The van der Waals surface area contributed by atoms with Gasteiger partial charge in [-0.2, -0.15) is 5.01 Å². The number of hydrogen-bond acceptors (Lipinski definition) is 5. The van der Waals surface area contributed by atoms with Crippen molar-refractivity contribution in [1.29, 1.82) is 0 Å². The van der Waals surface area contributed by atoms with Gasteiger partial charge in [-0.3, -0.25) is 9.59 Å². The van der Waals surface area contributed by atoms with Crippen molar-refractivity contribution in [3.8, 4) is 12.3 Å². The van der Waals surface area contributed by atoms with Gasteiger partial charge in [0.2, 0.25) is 11.8 Å². The van der Waals surface area contributed by atoms with Crippen LogP contribution in [-0.2, 0) is 27.5 Å². The minimum atomic E-state index is -0.725. The van der Waals surface area contributed by atoms with E-state index in [0.717, 1.165) is 18.4 Å². The normalized spacial score (nSPS) is 19.4. The number of rotatable bonds is 11. The van der Waals surface area contributed by atoms with Gasteiger partial charge >= 0.3 is 6.03 Å². The Morgan fingerprint density at radius 2 is 1.90 bits per heavy atom. The number of amides is 4. The van der Waals surface area contributed by atoms with Crippen LogP contribution in [-0.4, -0.2) is 82.7 Å². The van der Waals surface area contributed by atoms with Gasteiger partial charge in [0.25, 0.3) is 0 Å². The SMILES string of the molecule is C#CCN1CC(=O)N2[C@@H](CCCC)C(=O)N(CCOCc3ccccc3F)C[C@@H]2N1C(=O)NCc1ccccc1. The van der Waals surface area contributed by atoms with E-state index in [1.54, 1.807) is 33.0 Å². The minimum Gasteiger partial charge on any atom is -0.375 e. The molecule has 4 amide bonds. The molecule has 4 rings (SSSR count). The molecular formula is C30H36FN5O4. The zero-order chi connectivity index (χ0) is 28.5. The van der Waals surface area contributed by atoms with Gasteiger partial charge in [0.15, 0.2) is 0 Å². The fraction of sp³-hybridized carbons (Fsp3) is 0.433. The summed E-state index contributed by atoms with van der Waals surface area (Å²) >= 11 is 0. The summed E-state index contributed by atoms with van der Waals surface area (Å²) in [6.07, 6.45) is 6.96. The van der Waals surface area contributed by atoms with Crippen molar-refractivity contribution >= 4 is 17.8 Å². The van der Waals surface area contributed by atoms with E-state index in [0.29, 0.717) is 18.5 Å². The molecule has 212 valence electrons. The van der Waals surface area contributed by atoms with Gasteiger partial charge in [-0.05, 0) is 18.1 Å². The summed E-state index contributed by atoms with van der Waals surface area (Å²) in [6, 6.07) is 14.8. The van der Waals surface area contributed by atoms with Crippen molar-refractivity contribution < 1.29 is 23.5 Å². The van der Waals surface area contributed by atoms with E-state index in [4.69, 9.17) is 11.2 Å². The van der Waals surface area contributed by atoms with E-state index in [-0.39, 0.29) is 57.0 Å². The zero-order valence-electron chi connectivity index (χ0n) is 22.8. The number of urea groups is 1. The fourth-order valence-corrected chi connectivity index (χ4v) is 5.14. The van der Waals surface area contributed by atoms with Gasteiger partial charge in [0.1, 0.15) is 18.0 Å². The first-order chi connectivity index (χ1) is 19.4. The van der Waals surface area contributed by atoms with E-state index in [2.05, 4.69) is 11.2 Å². The minimum absolute atomic E-state index is 0.0637. The van der Waals surface area contributed by atoms with E-state index in [1.807, 2.05) is 37.3 Å². The second kappa shape index (κ2) is 13.9. The van der Waals surface area contributed by atoms with Crippen LogP contribution in [0.5, 0.6) is 0 Å². The van der Waals surface area contributed by atoms with Gasteiger partial charge in [0.05, 0.1) is 32.8 Å². The van der Waals surface area contributed by atoms with E-state index >= 15 is 0 Å². The van der Waals surface area contributed by atoms with Gasteiger partial charge in [-0.15, -0.1) is 6.42 Å². The average molecular weight is 550 g/mol. The Labute approximate surface area is 234 Å². The highest BCUT2D eigenvalue weighted by molar-refractivity contribution is 5.91. The Balaban J connectivity index is 1.52. The standard InChI is InChI=1S/C30H36FN5O4/c1-3-5-15-26-29(38)33(17-18-40-22-24-13-9-10-14-25(24)31)20-27-35(26)28(37)21-34(16-4-2)36(27)30(39)32-19-23-11-7-6-8-12-23/h2,6-14,26-27H,3,5,15-22H2,1H3,(H,32,39)/t26-,27-/m0/s1. The lowest BCUT2D eigenvalue weighted by molar-refractivity contribution is -0.189. The number of nitrogens with one attached hydrogen (secondary N) is 1. The molecule has 2 aromatic carbocycles. The molecule has 2 atom stereocenters. The number of hydrazine groups is 1. The molecule has 1 N–H and O–H groups in total. The third-order valence-electron chi connectivity index (χ3n) is 7.15. The molecule has 9 nitrogen and oxygen atoms in total. The first kappa shape index (κ1) is 29.1. The zero-order valence-corrected chi connectivity index (χ0v) is 22.8. The number of unbranched alkanes of at least 4 members (excludes halogenated alkanes) is 1. The number of carbonyl (C=O) groups excluding carboxylic acids is 3. The monoisotopic (exact) mass is 549 g/mol. The summed E-state index contributed by atoms with van der Waals surface area (Å²) in [4.78, 5) is 43.7. The van der Waals surface area contributed by atoms with Crippen LogP contribution in [0.4, 0.5) is 9.18 Å². The van der Waals surface area contributed by atoms with Crippen LogP contribution in [0.2, 0.25) is 0 Å². The molecule has 2 aliphatic heterocycles. The van der Waals surface area contributed by atoms with Gasteiger partial charge in [-0.25, -0.2) is 14.2 Å². The number of benzene rings is 2. The maximum absolute atomic E-state index is 14.0. The highest BCUT2D eigenvalue weighted by Gasteiger charge is 2.50. The Hall–Kier alpha value is -3.94. The predicted molar refractivity (Wildman–Crippen MR) is 148 cm³/mol. The van der Waals surface area contributed by atoms with Crippen LogP contribution >= 0.6 is 0 Å². The van der Waals surface area contributed by atoms with E-state index in [9.17, 15) is 18.8 Å². The van der Waals surface area contributed by atoms with Crippen molar-refractivity contribution in [2.45, 2.75) is 51.5 Å². The topological polar surface area (TPSA) is 85.4 Å². The number of carbonyl (C=O) groups is 3. The molecular weight excluding hydrogens is 513 g/mol. The van der Waals surface area contributed by atoms with Crippen molar-refractivity contribution in [2.24, 2.45) is 0 Å². The summed E-state index contributed by atoms with van der Waals surface area (Å²) in [5.41, 5.74) is 1.36. The Morgan fingerprint density at radius 3 is 2.62 bits per heavy atom. The molecule has 2 saturated heterocycles.